The van der Waals surface area contributed by atoms with Gasteiger partial charge in [0, 0.05) is 37.3 Å². The quantitative estimate of drug-likeness (QED) is 0.584. The lowest BCUT2D eigenvalue weighted by molar-refractivity contribution is 0.0630. The van der Waals surface area contributed by atoms with Crippen LogP contribution in [0.1, 0.15) is 12.8 Å². The Bertz CT molecular complexity index is 966. The van der Waals surface area contributed by atoms with Crippen LogP contribution >= 0.6 is 34.8 Å². The van der Waals surface area contributed by atoms with Crippen molar-refractivity contribution in [1.82, 2.24) is 9.62 Å². The highest BCUT2D eigenvalue weighted by Gasteiger charge is 2.23. The molecule has 0 bridgehead atoms. The van der Waals surface area contributed by atoms with E-state index >= 15 is 0 Å². The van der Waals surface area contributed by atoms with Crippen molar-refractivity contribution in [2.24, 2.45) is 0 Å². The molecule has 1 aliphatic rings. The van der Waals surface area contributed by atoms with Crippen LogP contribution in [0, 0.1) is 0 Å². The molecule has 0 aromatic heterocycles. The molecule has 0 amide bonds. The average Bonchev–Trinajstić information content (AvgIpc) is 2.71. The number of sulfonamides is 1. The lowest BCUT2D eigenvalue weighted by Gasteiger charge is -2.33. The molecule has 30 heavy (non-hydrogen) atoms. The van der Waals surface area contributed by atoms with E-state index in [1.54, 1.807) is 30.3 Å². The van der Waals surface area contributed by atoms with Crippen molar-refractivity contribution >= 4 is 44.8 Å². The summed E-state index contributed by atoms with van der Waals surface area (Å²) < 4.78 is 33.0. The zero-order valence-corrected chi connectivity index (χ0v) is 19.2. The minimum Gasteiger partial charge on any atom is -0.490 e. The number of likely N-dealkylation sites (tertiary alicyclic amines) is 1. The van der Waals surface area contributed by atoms with Gasteiger partial charge < -0.3 is 14.7 Å². The first-order chi connectivity index (χ1) is 14.2. The zero-order chi connectivity index (χ0) is 21.7. The number of β-amino-alcohol motifs (C(OH)–C–C–N with tert-alkyl or cyclic N) is 1. The molecule has 2 aromatic rings. The molecule has 2 N–H and O–H groups in total. The third-order valence-electron chi connectivity index (χ3n) is 4.81. The Morgan fingerprint density at radius 3 is 2.50 bits per heavy atom. The largest absolute Gasteiger partial charge is 0.490 e. The number of benzene rings is 2. The van der Waals surface area contributed by atoms with Gasteiger partial charge in [-0.05, 0) is 43.2 Å². The molecule has 1 saturated heterocycles. The topological polar surface area (TPSA) is 78.9 Å². The summed E-state index contributed by atoms with van der Waals surface area (Å²) in [5.41, 5.74) is 0. The van der Waals surface area contributed by atoms with Gasteiger partial charge in [0.15, 0.2) is 0 Å². The Balaban J connectivity index is 1.42. The van der Waals surface area contributed by atoms with Crippen LogP contribution in [-0.2, 0) is 10.0 Å². The Labute approximate surface area is 191 Å². The highest BCUT2D eigenvalue weighted by molar-refractivity contribution is 7.89. The fourth-order valence-electron chi connectivity index (χ4n) is 3.24. The van der Waals surface area contributed by atoms with Crippen LogP contribution in [0.25, 0.3) is 0 Å². The monoisotopic (exact) mass is 492 g/mol. The summed E-state index contributed by atoms with van der Waals surface area (Å²) in [5.74, 6) is 0.679. The van der Waals surface area contributed by atoms with Gasteiger partial charge in [-0.1, -0.05) is 40.9 Å². The molecule has 0 aliphatic carbocycles. The summed E-state index contributed by atoms with van der Waals surface area (Å²) in [7, 11) is -3.72. The van der Waals surface area contributed by atoms with E-state index in [4.69, 9.17) is 39.5 Å². The van der Waals surface area contributed by atoms with Crippen molar-refractivity contribution in [3.05, 3.63) is 57.5 Å². The third-order valence-corrected chi connectivity index (χ3v) is 7.21. The summed E-state index contributed by atoms with van der Waals surface area (Å²) in [6.07, 6.45) is 0.811. The fraction of sp³-hybridized carbons (Fsp3) is 0.400. The lowest BCUT2D eigenvalue weighted by Crippen LogP contribution is -2.45. The van der Waals surface area contributed by atoms with Gasteiger partial charge in [-0.25, -0.2) is 13.1 Å². The Kier molecular flexibility index (Phi) is 8.26. The summed E-state index contributed by atoms with van der Waals surface area (Å²) >= 11 is 17.8. The number of ether oxygens (including phenoxy) is 1. The second-order valence-electron chi connectivity index (χ2n) is 7.16. The maximum absolute atomic E-state index is 12.3. The van der Waals surface area contributed by atoms with Gasteiger partial charge >= 0.3 is 0 Å². The molecule has 1 unspecified atom stereocenters. The van der Waals surface area contributed by atoms with E-state index in [0.29, 0.717) is 27.4 Å². The van der Waals surface area contributed by atoms with Crippen molar-refractivity contribution in [1.29, 1.82) is 0 Å². The van der Waals surface area contributed by atoms with Crippen LogP contribution in [0.15, 0.2) is 47.4 Å². The maximum Gasteiger partial charge on any atom is 0.240 e. The van der Waals surface area contributed by atoms with Crippen molar-refractivity contribution in [2.75, 3.05) is 26.2 Å². The van der Waals surface area contributed by atoms with Gasteiger partial charge in [0.2, 0.25) is 10.0 Å². The van der Waals surface area contributed by atoms with E-state index in [1.165, 1.54) is 12.1 Å². The molecule has 0 radical (unpaired) electrons. The van der Waals surface area contributed by atoms with E-state index in [1.807, 2.05) is 0 Å². The number of rotatable bonds is 8. The number of piperidine rings is 1. The van der Waals surface area contributed by atoms with Crippen LogP contribution < -0.4 is 9.46 Å². The fourth-order valence-corrected chi connectivity index (χ4v) is 4.90. The minimum atomic E-state index is -3.72. The molecule has 0 spiro atoms. The molecular formula is C20H23Cl3N2O4S. The van der Waals surface area contributed by atoms with Crippen LogP contribution in [0.4, 0.5) is 0 Å². The molecule has 1 aliphatic heterocycles. The van der Waals surface area contributed by atoms with Crippen LogP contribution in [0.2, 0.25) is 15.1 Å². The summed E-state index contributed by atoms with van der Waals surface area (Å²) in [6.45, 7) is 1.78. The predicted molar refractivity (Wildman–Crippen MR) is 119 cm³/mol. The molecule has 6 nitrogen and oxygen atoms in total. The van der Waals surface area contributed by atoms with E-state index in [2.05, 4.69) is 9.62 Å². The number of nitrogens with one attached hydrogen (secondary N) is 1. The highest BCUT2D eigenvalue weighted by Crippen LogP contribution is 2.28. The van der Waals surface area contributed by atoms with Gasteiger partial charge in [-0.2, -0.15) is 0 Å². The van der Waals surface area contributed by atoms with E-state index in [-0.39, 0.29) is 17.5 Å². The molecule has 0 saturated carbocycles. The van der Waals surface area contributed by atoms with Gasteiger partial charge in [-0.15, -0.1) is 0 Å². The first-order valence-electron chi connectivity index (χ1n) is 9.50. The maximum atomic E-state index is 12.3. The van der Waals surface area contributed by atoms with Gasteiger partial charge in [0.05, 0.1) is 21.0 Å². The van der Waals surface area contributed by atoms with Gasteiger partial charge in [-0.3, -0.25) is 0 Å². The Morgan fingerprint density at radius 2 is 1.83 bits per heavy atom. The first kappa shape index (κ1) is 23.6. The molecule has 2 aromatic carbocycles. The molecule has 10 heteroatoms. The van der Waals surface area contributed by atoms with Crippen molar-refractivity contribution in [3.63, 3.8) is 0 Å². The number of halogens is 3. The van der Waals surface area contributed by atoms with Crippen LogP contribution in [0.5, 0.6) is 5.75 Å². The van der Waals surface area contributed by atoms with E-state index in [9.17, 15) is 13.5 Å². The number of aliphatic hydroxyl groups is 1. The Morgan fingerprint density at radius 1 is 1.10 bits per heavy atom. The third kappa shape index (κ3) is 6.72. The summed E-state index contributed by atoms with van der Waals surface area (Å²) in [5, 5.41) is 11.5. The normalized spacial score (nSPS) is 17.1. The zero-order valence-electron chi connectivity index (χ0n) is 16.1. The average molecular weight is 494 g/mol. The first-order valence-corrected chi connectivity index (χ1v) is 12.1. The number of hydrogen-bond acceptors (Lipinski definition) is 5. The molecule has 1 fully saturated rings. The number of hydrogen-bond donors (Lipinski definition) is 2. The second kappa shape index (κ2) is 10.5. The SMILES string of the molecule is O=S(=O)(NCC(O)CN1CCC(Oc2ccc(Cl)c(Cl)c2)CC1)c1cccc(Cl)c1. The molecule has 1 atom stereocenters. The van der Waals surface area contributed by atoms with Crippen molar-refractivity contribution in [2.45, 2.75) is 29.9 Å². The van der Waals surface area contributed by atoms with Crippen molar-refractivity contribution < 1.29 is 18.3 Å². The molecule has 3 rings (SSSR count). The van der Waals surface area contributed by atoms with E-state index in [0.717, 1.165) is 25.9 Å². The van der Waals surface area contributed by atoms with Gasteiger partial charge in [0.1, 0.15) is 11.9 Å². The number of nitrogens with zero attached hydrogens (tertiary/aromatic N) is 1. The lowest BCUT2D eigenvalue weighted by atomic mass is 10.1. The van der Waals surface area contributed by atoms with Gasteiger partial charge in [0.25, 0.3) is 0 Å². The summed E-state index contributed by atoms with van der Waals surface area (Å²) in [4.78, 5) is 2.16. The van der Waals surface area contributed by atoms with Crippen LogP contribution in [-0.4, -0.2) is 56.8 Å². The van der Waals surface area contributed by atoms with E-state index < -0.39 is 16.1 Å². The molecule has 1 heterocycles. The molecular weight excluding hydrogens is 471 g/mol. The second-order valence-corrected chi connectivity index (χ2v) is 10.2. The molecule has 164 valence electrons. The van der Waals surface area contributed by atoms with Crippen LogP contribution in [0.3, 0.4) is 0 Å². The number of aliphatic hydroxyl groups excluding tert-OH is 1. The standard InChI is InChI=1S/C20H23Cl3N2O4S/c21-14-2-1-3-18(10-14)30(27,28)24-12-15(26)13-25-8-6-16(7-9-25)29-17-4-5-19(22)20(23)11-17/h1-5,10-11,15-16,24,26H,6-9,12-13H2. The van der Waals surface area contributed by atoms with Crippen molar-refractivity contribution in [3.8, 4) is 5.75 Å². The minimum absolute atomic E-state index is 0.0527. The smallest absolute Gasteiger partial charge is 0.240 e. The Hall–Kier alpha value is -1.06. The predicted octanol–water partition coefficient (Wildman–Crippen LogP) is 3.83. The highest BCUT2D eigenvalue weighted by atomic mass is 35.5. The summed E-state index contributed by atoms with van der Waals surface area (Å²) in [6, 6.07) is 11.2.